The number of anilines is 1. The fourth-order valence-corrected chi connectivity index (χ4v) is 3.77. The minimum Gasteiger partial charge on any atom is -0.356 e. The molecule has 0 aliphatic carbocycles. The van der Waals surface area contributed by atoms with Gasteiger partial charge in [0.2, 0.25) is 5.91 Å². The predicted octanol–water partition coefficient (Wildman–Crippen LogP) is 2.74. The number of carbonyl (C=O) groups is 1. The molecule has 4 heterocycles. The fraction of sp³-hybridized carbons (Fsp3) is 0.444. The zero-order chi connectivity index (χ0) is 19.9. The number of aromatic nitrogens is 4. The van der Waals surface area contributed by atoms with Crippen LogP contribution in [0.2, 0.25) is 0 Å². The van der Waals surface area contributed by atoms with Crippen LogP contribution in [0.1, 0.15) is 12.8 Å². The van der Waals surface area contributed by atoms with E-state index in [-0.39, 0.29) is 0 Å². The Bertz CT molecular complexity index is 1010. The lowest BCUT2D eigenvalue weighted by Gasteiger charge is -2.34. The molecule has 28 heavy (non-hydrogen) atoms. The number of hydrogen-bond acceptors (Lipinski definition) is 5. The van der Waals surface area contributed by atoms with Gasteiger partial charge in [-0.1, -0.05) is 0 Å². The van der Waals surface area contributed by atoms with Crippen molar-refractivity contribution in [2.75, 3.05) is 31.6 Å². The highest BCUT2D eigenvalue weighted by Gasteiger charge is 2.35. The molecule has 0 spiro atoms. The molecule has 1 saturated heterocycles. The van der Waals surface area contributed by atoms with Crippen LogP contribution in [0.15, 0.2) is 24.8 Å². The minimum atomic E-state index is -4.39. The number of nitrogens with one attached hydrogen (secondary N) is 1. The SMILES string of the molecule is CN(CC(F)(F)F)C(=O)C1CCN(c2nc[nH]c3cnc4nccc4c23)CC1. The summed E-state index contributed by atoms with van der Waals surface area (Å²) in [6.07, 6.45) is 1.57. The maximum absolute atomic E-state index is 12.5. The van der Waals surface area contributed by atoms with Crippen LogP contribution in [-0.2, 0) is 4.79 Å². The summed E-state index contributed by atoms with van der Waals surface area (Å²) in [6, 6.07) is 1.88. The van der Waals surface area contributed by atoms with Crippen molar-refractivity contribution in [2.45, 2.75) is 19.0 Å². The first kappa shape index (κ1) is 18.5. The zero-order valence-electron chi connectivity index (χ0n) is 15.2. The van der Waals surface area contributed by atoms with Crippen LogP contribution in [0.3, 0.4) is 0 Å². The highest BCUT2D eigenvalue weighted by atomic mass is 19.4. The molecule has 1 N–H and O–H groups in total. The highest BCUT2D eigenvalue weighted by Crippen LogP contribution is 2.32. The van der Waals surface area contributed by atoms with E-state index < -0.39 is 24.5 Å². The number of fused-ring (bicyclic) bond motifs is 3. The molecule has 0 unspecified atom stereocenters. The van der Waals surface area contributed by atoms with E-state index in [2.05, 4.69) is 24.8 Å². The molecular formula is C18H19F3N6O. The van der Waals surface area contributed by atoms with Crippen LogP contribution in [0.4, 0.5) is 19.0 Å². The van der Waals surface area contributed by atoms with Gasteiger partial charge in [-0.25, -0.2) is 15.0 Å². The molecule has 0 radical (unpaired) electrons. The number of nitrogens with zero attached hydrogens (tertiary/aromatic N) is 5. The topological polar surface area (TPSA) is 78.0 Å². The molecule has 1 amide bonds. The number of hydrogen-bond donors (Lipinski definition) is 1. The Labute approximate surface area is 158 Å². The number of amides is 1. The third kappa shape index (κ3) is 3.46. The van der Waals surface area contributed by atoms with Crippen molar-refractivity contribution in [3.8, 4) is 0 Å². The molecule has 3 aromatic rings. The van der Waals surface area contributed by atoms with Gasteiger partial charge in [0.25, 0.3) is 0 Å². The number of aromatic amines is 1. The van der Waals surface area contributed by atoms with Gasteiger partial charge in [-0.05, 0) is 18.9 Å². The second-order valence-electron chi connectivity index (χ2n) is 7.03. The quantitative estimate of drug-likeness (QED) is 0.742. The van der Waals surface area contributed by atoms with E-state index in [0.29, 0.717) is 31.6 Å². The molecule has 1 fully saturated rings. The maximum Gasteiger partial charge on any atom is 0.406 e. The third-order valence-electron chi connectivity index (χ3n) is 5.10. The largest absolute Gasteiger partial charge is 0.406 e. The summed E-state index contributed by atoms with van der Waals surface area (Å²) in [7, 11) is 1.20. The predicted molar refractivity (Wildman–Crippen MR) is 97.8 cm³/mol. The van der Waals surface area contributed by atoms with Crippen molar-refractivity contribution in [1.82, 2.24) is 24.8 Å². The van der Waals surface area contributed by atoms with Crippen molar-refractivity contribution in [3.63, 3.8) is 0 Å². The summed E-state index contributed by atoms with van der Waals surface area (Å²) in [5.41, 5.74) is 1.46. The fourth-order valence-electron chi connectivity index (χ4n) is 3.77. The Hall–Kier alpha value is -2.91. The number of pyridine rings is 1. The molecule has 3 aromatic heterocycles. The number of carbonyl (C=O) groups excluding carboxylic acids is 1. The lowest BCUT2D eigenvalue weighted by Crippen LogP contribution is -2.44. The minimum absolute atomic E-state index is 0.410. The molecule has 1 aliphatic heterocycles. The molecule has 0 saturated carbocycles. The Kier molecular flexibility index (Phi) is 4.56. The summed E-state index contributed by atoms with van der Waals surface area (Å²) in [4.78, 5) is 31.3. The van der Waals surface area contributed by atoms with Gasteiger partial charge < -0.3 is 14.8 Å². The summed E-state index contributed by atoms with van der Waals surface area (Å²) >= 11 is 0. The molecule has 7 nitrogen and oxygen atoms in total. The van der Waals surface area contributed by atoms with E-state index in [1.54, 1.807) is 18.7 Å². The van der Waals surface area contributed by atoms with E-state index in [4.69, 9.17) is 0 Å². The Morgan fingerprint density at radius 2 is 2.04 bits per heavy atom. The van der Waals surface area contributed by atoms with Crippen LogP contribution >= 0.6 is 0 Å². The van der Waals surface area contributed by atoms with Gasteiger partial charge >= 0.3 is 6.18 Å². The zero-order valence-corrected chi connectivity index (χ0v) is 15.2. The number of piperidine rings is 1. The molecule has 0 atom stereocenters. The number of alkyl halides is 3. The molecular weight excluding hydrogens is 373 g/mol. The van der Waals surface area contributed by atoms with E-state index in [9.17, 15) is 18.0 Å². The van der Waals surface area contributed by atoms with Gasteiger partial charge in [-0.2, -0.15) is 13.2 Å². The summed E-state index contributed by atoms with van der Waals surface area (Å²) in [6.45, 7) is -0.137. The van der Waals surface area contributed by atoms with E-state index in [1.807, 2.05) is 6.07 Å². The maximum atomic E-state index is 12.5. The van der Waals surface area contributed by atoms with Crippen molar-refractivity contribution < 1.29 is 18.0 Å². The average molecular weight is 392 g/mol. The number of halogens is 3. The lowest BCUT2D eigenvalue weighted by molar-refractivity contribution is -0.161. The van der Waals surface area contributed by atoms with Crippen LogP contribution in [-0.4, -0.2) is 63.6 Å². The molecule has 148 valence electrons. The summed E-state index contributed by atoms with van der Waals surface area (Å²) in [5, 5.41) is 1.80. The second kappa shape index (κ2) is 6.92. The molecule has 1 aliphatic rings. The van der Waals surface area contributed by atoms with E-state index in [0.717, 1.165) is 27.0 Å². The van der Waals surface area contributed by atoms with Crippen LogP contribution in [0.25, 0.3) is 21.9 Å². The van der Waals surface area contributed by atoms with Gasteiger partial charge in [-0.15, -0.1) is 0 Å². The van der Waals surface area contributed by atoms with Gasteiger partial charge in [0.05, 0.1) is 23.4 Å². The van der Waals surface area contributed by atoms with E-state index in [1.165, 1.54) is 7.05 Å². The normalized spacial score (nSPS) is 16.1. The number of rotatable bonds is 3. The summed E-state index contributed by atoms with van der Waals surface area (Å²) in [5.74, 6) is -0.0980. The molecule has 0 bridgehead atoms. The third-order valence-corrected chi connectivity index (χ3v) is 5.10. The Morgan fingerprint density at radius 1 is 1.29 bits per heavy atom. The standard InChI is InChI=1S/C18H19F3N6O/c1-26(9-18(19,20)21)17(28)11-3-6-27(7-4-11)16-14-12-2-5-22-15(12)23-8-13(14)24-10-25-16/h2,5,8,10-11H,3-4,6-7,9H2,1H3,(H,24,25). The van der Waals surface area contributed by atoms with Crippen LogP contribution in [0.5, 0.6) is 0 Å². The first-order chi connectivity index (χ1) is 13.3. The first-order valence-electron chi connectivity index (χ1n) is 8.97. The lowest BCUT2D eigenvalue weighted by atomic mass is 9.95. The molecule has 10 heteroatoms. The van der Waals surface area contributed by atoms with Crippen molar-refractivity contribution >= 4 is 33.7 Å². The van der Waals surface area contributed by atoms with Crippen molar-refractivity contribution in [1.29, 1.82) is 0 Å². The Balaban J connectivity index is 1.53. The monoisotopic (exact) mass is 392 g/mol. The molecule has 4 rings (SSSR count). The Morgan fingerprint density at radius 3 is 2.75 bits per heavy atom. The number of H-pyrrole nitrogens is 1. The first-order valence-corrected chi connectivity index (χ1v) is 8.97. The van der Waals surface area contributed by atoms with Crippen LogP contribution in [0, 0.1) is 5.92 Å². The van der Waals surface area contributed by atoms with Crippen LogP contribution < -0.4 is 4.90 Å². The smallest absolute Gasteiger partial charge is 0.356 e. The van der Waals surface area contributed by atoms with Crippen molar-refractivity contribution in [2.24, 2.45) is 5.92 Å². The average Bonchev–Trinajstić information content (AvgIpc) is 3.15. The highest BCUT2D eigenvalue weighted by molar-refractivity contribution is 6.08. The van der Waals surface area contributed by atoms with Gasteiger partial charge in [0.1, 0.15) is 12.4 Å². The molecule has 0 aromatic carbocycles. The van der Waals surface area contributed by atoms with E-state index >= 15 is 0 Å². The van der Waals surface area contributed by atoms with Gasteiger partial charge in [-0.3, -0.25) is 4.79 Å². The van der Waals surface area contributed by atoms with Crippen molar-refractivity contribution in [3.05, 3.63) is 24.8 Å². The summed E-state index contributed by atoms with van der Waals surface area (Å²) < 4.78 is 37.6. The van der Waals surface area contributed by atoms with Gasteiger partial charge in [0.15, 0.2) is 5.65 Å². The second-order valence-corrected chi connectivity index (χ2v) is 7.03. The van der Waals surface area contributed by atoms with Gasteiger partial charge in [0, 0.05) is 37.6 Å².